The summed E-state index contributed by atoms with van der Waals surface area (Å²) in [5.74, 6) is -2.80. The van der Waals surface area contributed by atoms with E-state index in [9.17, 15) is 38.9 Å². The zero-order valence-electron chi connectivity index (χ0n) is 25.1. The van der Waals surface area contributed by atoms with E-state index in [2.05, 4.69) is 22.5 Å². The molecule has 1 aliphatic heterocycles. The Morgan fingerprint density at radius 1 is 1.13 bits per heavy atom. The van der Waals surface area contributed by atoms with Gasteiger partial charge in [-0.15, -0.1) is 0 Å². The molecule has 2 heterocycles. The molecule has 1 fully saturated rings. The number of carbonyl (C=O) groups is 3. The summed E-state index contributed by atoms with van der Waals surface area (Å²) in [4.78, 5) is 52.0. The number of anilines is 2. The predicted octanol–water partition coefficient (Wildman–Crippen LogP) is 1.22. The van der Waals surface area contributed by atoms with Gasteiger partial charge in [-0.2, -0.15) is 4.98 Å². The highest BCUT2D eigenvalue weighted by Crippen LogP contribution is 2.28. The second-order valence-electron chi connectivity index (χ2n) is 10.8. The van der Waals surface area contributed by atoms with Crippen LogP contribution in [0.2, 0.25) is 0 Å². The molecule has 1 aromatic heterocycles. The first kappa shape index (κ1) is 35.4. The predicted molar refractivity (Wildman–Crippen MR) is 159 cm³/mol. The molecule has 2 aromatic rings. The highest BCUT2D eigenvalue weighted by molar-refractivity contribution is 5.83. The molecule has 3 rings (SSSR count). The lowest BCUT2D eigenvalue weighted by Gasteiger charge is -2.25. The number of unbranched alkanes of at least 4 members (excludes halogenated alkanes) is 4. The van der Waals surface area contributed by atoms with Gasteiger partial charge in [-0.3, -0.25) is 19.5 Å². The lowest BCUT2D eigenvalue weighted by Crippen LogP contribution is -2.48. The molecular weight excluding hydrogens is 595 g/mol. The van der Waals surface area contributed by atoms with Gasteiger partial charge in [0.15, 0.2) is 17.9 Å². The van der Waals surface area contributed by atoms with Crippen LogP contribution in [0.3, 0.4) is 0 Å². The molecule has 15 nitrogen and oxygen atoms in total. The summed E-state index contributed by atoms with van der Waals surface area (Å²) in [7, 11) is 0. The molecule has 45 heavy (non-hydrogen) atoms. The fraction of sp³-hybridized carbons (Fsp3) is 0.552. The van der Waals surface area contributed by atoms with Gasteiger partial charge in [0, 0.05) is 12.1 Å². The van der Waals surface area contributed by atoms with Crippen LogP contribution in [0.15, 0.2) is 35.3 Å². The van der Waals surface area contributed by atoms with Gasteiger partial charge in [-0.25, -0.2) is 14.0 Å². The van der Waals surface area contributed by atoms with Crippen LogP contribution in [0.5, 0.6) is 0 Å². The first-order valence-corrected chi connectivity index (χ1v) is 14.7. The largest absolute Gasteiger partial charge is 0.444 e. The summed E-state index contributed by atoms with van der Waals surface area (Å²) in [6.45, 7) is 3.33. The van der Waals surface area contributed by atoms with E-state index in [1.165, 1.54) is 6.92 Å². The number of ether oxygens (including phenoxy) is 2. The number of carbonyl (C=O) groups excluding carboxylic acids is 3. The number of aliphatic hydroxyl groups is 3. The van der Waals surface area contributed by atoms with Crippen molar-refractivity contribution in [2.24, 2.45) is 5.73 Å². The summed E-state index contributed by atoms with van der Waals surface area (Å²) >= 11 is 0. The zero-order valence-corrected chi connectivity index (χ0v) is 25.1. The summed E-state index contributed by atoms with van der Waals surface area (Å²) in [6.07, 6.45) is -1.86. The van der Waals surface area contributed by atoms with Crippen molar-refractivity contribution in [1.82, 2.24) is 14.9 Å². The van der Waals surface area contributed by atoms with E-state index in [0.717, 1.165) is 25.7 Å². The fourth-order valence-corrected chi connectivity index (χ4v) is 4.65. The van der Waals surface area contributed by atoms with Crippen LogP contribution in [-0.4, -0.2) is 73.4 Å². The van der Waals surface area contributed by atoms with Crippen molar-refractivity contribution in [3.63, 3.8) is 0 Å². The Balaban J connectivity index is 1.50. The molecule has 1 aromatic carbocycles. The lowest BCUT2D eigenvalue weighted by molar-refractivity contribution is -0.123. The molecule has 3 amide bonds. The third kappa shape index (κ3) is 10.5. The third-order valence-electron chi connectivity index (χ3n) is 7.17. The van der Waals surface area contributed by atoms with Crippen molar-refractivity contribution >= 4 is 29.4 Å². The van der Waals surface area contributed by atoms with Crippen molar-refractivity contribution in [3.05, 3.63) is 52.3 Å². The Morgan fingerprint density at radius 2 is 1.82 bits per heavy atom. The van der Waals surface area contributed by atoms with E-state index >= 15 is 0 Å². The molecule has 0 bridgehead atoms. The molecule has 0 aliphatic carbocycles. The van der Waals surface area contributed by atoms with Gasteiger partial charge in [0.05, 0.1) is 24.8 Å². The molecule has 0 spiro atoms. The van der Waals surface area contributed by atoms with Crippen LogP contribution in [0.1, 0.15) is 70.6 Å². The molecule has 6 atom stereocenters. The minimum Gasteiger partial charge on any atom is -0.444 e. The molecule has 248 valence electrons. The summed E-state index contributed by atoms with van der Waals surface area (Å²) in [5, 5.41) is 38.0. The maximum Gasteiger partial charge on any atom is 0.413 e. The highest BCUT2D eigenvalue weighted by atomic mass is 19.1. The number of primary amides is 1. The second-order valence-corrected chi connectivity index (χ2v) is 10.8. The molecule has 1 aliphatic rings. The Morgan fingerprint density at radius 3 is 2.44 bits per heavy atom. The van der Waals surface area contributed by atoms with Gasteiger partial charge in [-0.05, 0) is 31.0 Å². The molecule has 8 N–H and O–H groups in total. The van der Waals surface area contributed by atoms with Gasteiger partial charge < -0.3 is 41.2 Å². The third-order valence-corrected chi connectivity index (χ3v) is 7.17. The molecule has 16 heteroatoms. The number of aromatic nitrogens is 2. The summed E-state index contributed by atoms with van der Waals surface area (Å²) in [6, 6.07) is 5.31. The van der Waals surface area contributed by atoms with Crippen LogP contribution in [-0.2, 0) is 25.7 Å². The smallest absolute Gasteiger partial charge is 0.413 e. The van der Waals surface area contributed by atoms with E-state index in [0.29, 0.717) is 28.4 Å². The Labute approximate surface area is 258 Å². The van der Waals surface area contributed by atoms with Gasteiger partial charge in [0.25, 0.3) is 0 Å². The van der Waals surface area contributed by atoms with Crippen molar-refractivity contribution < 1.29 is 43.6 Å². The number of amides is 3. The van der Waals surface area contributed by atoms with E-state index in [4.69, 9.17) is 15.2 Å². The Hall–Kier alpha value is -4.12. The molecule has 2 unspecified atom stereocenters. The second kappa shape index (κ2) is 16.8. The number of hydrogen-bond acceptors (Lipinski definition) is 11. The van der Waals surface area contributed by atoms with Crippen LogP contribution in [0.25, 0.3) is 0 Å². The van der Waals surface area contributed by atoms with Gasteiger partial charge >= 0.3 is 11.8 Å². The molecular formula is C29H41FN6O9. The van der Waals surface area contributed by atoms with E-state index < -0.39 is 66.1 Å². The summed E-state index contributed by atoms with van der Waals surface area (Å²) in [5.41, 5.74) is 5.21. The monoisotopic (exact) mass is 636 g/mol. The summed E-state index contributed by atoms with van der Waals surface area (Å²) < 4.78 is 25.6. The Bertz CT molecular complexity index is 1360. The number of nitrogens with one attached hydrogen (secondary N) is 3. The Kier molecular flexibility index (Phi) is 13.2. The minimum atomic E-state index is -1.49. The van der Waals surface area contributed by atoms with Crippen molar-refractivity contribution in [2.45, 2.75) is 102 Å². The maximum absolute atomic E-state index is 14.6. The fourth-order valence-electron chi connectivity index (χ4n) is 4.65. The minimum absolute atomic E-state index is 0.246. The van der Waals surface area contributed by atoms with Crippen molar-refractivity contribution in [3.8, 4) is 0 Å². The van der Waals surface area contributed by atoms with Gasteiger partial charge in [0.1, 0.15) is 25.0 Å². The number of halogens is 1. The average Bonchev–Trinajstić information content (AvgIpc) is 3.24. The molecule has 0 radical (unpaired) electrons. The van der Waals surface area contributed by atoms with Crippen LogP contribution in [0.4, 0.5) is 20.7 Å². The van der Waals surface area contributed by atoms with Gasteiger partial charge in [-0.1, -0.05) is 44.7 Å². The lowest BCUT2D eigenvalue weighted by atomic mass is 10.1. The molecule has 1 saturated heterocycles. The normalized spacial score (nSPS) is 20.7. The number of nitrogens with two attached hydrogens (primary N) is 1. The van der Waals surface area contributed by atoms with Crippen LogP contribution >= 0.6 is 0 Å². The number of aliphatic hydroxyl groups excluding tert-OH is 3. The highest BCUT2D eigenvalue weighted by Gasteiger charge is 2.42. The number of hydrogen-bond donors (Lipinski definition) is 7. The van der Waals surface area contributed by atoms with Crippen LogP contribution < -0.4 is 27.4 Å². The van der Waals surface area contributed by atoms with Gasteiger partial charge in [0.2, 0.25) is 11.8 Å². The average molecular weight is 637 g/mol. The van der Waals surface area contributed by atoms with Crippen molar-refractivity contribution in [2.75, 3.05) is 10.6 Å². The van der Waals surface area contributed by atoms with E-state index in [1.807, 2.05) is 5.32 Å². The van der Waals surface area contributed by atoms with E-state index in [-0.39, 0.29) is 25.4 Å². The molecule has 0 saturated carbocycles. The first-order valence-electron chi connectivity index (χ1n) is 14.7. The topological polar surface area (TPSA) is 227 Å². The standard InChI is InChI=1S/C29H41FN6O9/c1-3-4-5-6-7-8-22(38)33-20(13-21(31)37)26(41)32-18-11-9-17(10-12-18)15-44-29(43)35-25-19(30)14-36(28(42)34-25)27-24(40)23(39)16(2)45-27/h9-12,14,16,20,23-24,26-27,32,39-41H,3-8,13,15H2,1-2H3,(H2,31,37)(H,33,38)(H,34,35,42,43)/t16-,20-,23?,24+,26?,27-/m1/s1. The van der Waals surface area contributed by atoms with Crippen LogP contribution in [0, 0.1) is 5.82 Å². The first-order chi connectivity index (χ1) is 21.4. The van der Waals surface area contributed by atoms with Crippen molar-refractivity contribution in [1.29, 1.82) is 0 Å². The maximum atomic E-state index is 14.6. The van der Waals surface area contributed by atoms with E-state index in [1.54, 1.807) is 24.3 Å². The SMILES string of the molecule is CCCCCCCC(=O)N[C@H](CC(N)=O)C(O)Nc1ccc(COC(=O)Nc2nc(=O)n([C@@H]3O[C@H](C)C(O)[C@@H]3O)cc2F)cc1. The quantitative estimate of drug-likeness (QED) is 0.102. The number of benzene rings is 1. The number of nitrogens with zero attached hydrogens (tertiary/aromatic N) is 2. The number of rotatable bonds is 16. The zero-order chi connectivity index (χ0) is 33.1.